The molecule has 0 radical (unpaired) electrons. The average molecular weight is 390 g/mol. The van der Waals surface area contributed by atoms with Crippen LogP contribution in [-0.2, 0) is 16.1 Å². The fourth-order valence-electron chi connectivity index (χ4n) is 2.25. The van der Waals surface area contributed by atoms with Gasteiger partial charge in [0, 0.05) is 29.2 Å². The first-order valence-corrected chi connectivity index (χ1v) is 8.54. The third-order valence-corrected chi connectivity index (χ3v) is 3.86. The zero-order chi connectivity index (χ0) is 17.4. The number of rotatable bonds is 7. The number of hydrogen-bond acceptors (Lipinski definition) is 3. The van der Waals surface area contributed by atoms with Crippen LogP contribution in [0.1, 0.15) is 25.5 Å². The van der Waals surface area contributed by atoms with Crippen molar-refractivity contribution in [3.8, 4) is 0 Å². The molecule has 24 heavy (non-hydrogen) atoms. The number of halogens is 1. The molecule has 0 bridgehead atoms. The van der Waals surface area contributed by atoms with Crippen molar-refractivity contribution in [2.45, 2.75) is 26.3 Å². The maximum absolute atomic E-state index is 12.0. The highest BCUT2D eigenvalue weighted by Crippen LogP contribution is 2.17. The predicted molar refractivity (Wildman–Crippen MR) is 97.3 cm³/mol. The fourth-order valence-corrected chi connectivity index (χ4v) is 2.65. The van der Waals surface area contributed by atoms with Crippen LogP contribution in [0.15, 0.2) is 53.1 Å². The van der Waals surface area contributed by atoms with Gasteiger partial charge in [-0.05, 0) is 36.2 Å². The summed E-state index contributed by atoms with van der Waals surface area (Å²) in [6, 6.07) is 13.0. The van der Waals surface area contributed by atoms with Crippen LogP contribution in [0, 0.1) is 5.92 Å². The molecule has 2 rings (SSSR count). The molecule has 0 saturated heterocycles. The Labute approximate surface area is 150 Å². The normalized spacial score (nSPS) is 11.6. The van der Waals surface area contributed by atoms with Crippen LogP contribution < -0.4 is 10.6 Å². The number of aromatic nitrogens is 1. The lowest BCUT2D eigenvalue weighted by atomic mass is 10.0. The molecule has 1 aromatic heterocycles. The van der Waals surface area contributed by atoms with Crippen molar-refractivity contribution in [2.75, 3.05) is 5.32 Å². The number of hydrogen-bond donors (Lipinski definition) is 2. The summed E-state index contributed by atoms with van der Waals surface area (Å²) in [7, 11) is 0. The van der Waals surface area contributed by atoms with Crippen LogP contribution >= 0.6 is 15.9 Å². The van der Waals surface area contributed by atoms with Gasteiger partial charge in [-0.3, -0.25) is 14.6 Å². The largest absolute Gasteiger partial charge is 0.350 e. The zero-order valence-corrected chi connectivity index (χ0v) is 15.0. The van der Waals surface area contributed by atoms with E-state index in [1.807, 2.05) is 49.4 Å². The van der Waals surface area contributed by atoms with Crippen molar-refractivity contribution >= 4 is 33.4 Å². The molecule has 0 fully saturated rings. The van der Waals surface area contributed by atoms with Crippen LogP contribution in [0.5, 0.6) is 0 Å². The standard InChI is InChI=1S/C18H20BrN3O2/c1-13(9-17(23)21-12-16-6-2-3-8-20-16)10-18(24)22-15-7-4-5-14(19)11-15/h2-8,11,13H,9-10,12H2,1H3,(H,21,23)(H,22,24). The summed E-state index contributed by atoms with van der Waals surface area (Å²) in [5.74, 6) is -0.220. The van der Waals surface area contributed by atoms with Crippen LogP contribution in [0.2, 0.25) is 0 Å². The number of benzene rings is 1. The first kappa shape index (κ1) is 18.1. The van der Waals surface area contributed by atoms with E-state index in [1.165, 1.54) is 0 Å². The Kier molecular flexibility index (Phi) is 6.93. The molecule has 0 aliphatic heterocycles. The molecule has 0 saturated carbocycles. The van der Waals surface area contributed by atoms with Gasteiger partial charge in [0.05, 0.1) is 12.2 Å². The van der Waals surface area contributed by atoms with Crippen LogP contribution in [0.25, 0.3) is 0 Å². The molecule has 0 spiro atoms. The van der Waals surface area contributed by atoms with Gasteiger partial charge >= 0.3 is 0 Å². The molecule has 126 valence electrons. The van der Waals surface area contributed by atoms with Crippen LogP contribution in [0.4, 0.5) is 5.69 Å². The smallest absolute Gasteiger partial charge is 0.224 e. The Morgan fingerprint density at radius 2 is 1.92 bits per heavy atom. The van der Waals surface area contributed by atoms with Crippen molar-refractivity contribution < 1.29 is 9.59 Å². The third-order valence-electron chi connectivity index (χ3n) is 3.37. The van der Waals surface area contributed by atoms with E-state index in [-0.39, 0.29) is 17.7 Å². The zero-order valence-electron chi connectivity index (χ0n) is 13.5. The quantitative estimate of drug-likeness (QED) is 0.760. The SMILES string of the molecule is CC(CC(=O)NCc1ccccn1)CC(=O)Nc1cccc(Br)c1. The lowest BCUT2D eigenvalue weighted by Crippen LogP contribution is -2.26. The van der Waals surface area contributed by atoms with Gasteiger partial charge < -0.3 is 10.6 Å². The molecule has 6 heteroatoms. The minimum absolute atomic E-state index is 0.0408. The van der Waals surface area contributed by atoms with E-state index in [2.05, 4.69) is 31.5 Å². The molecule has 5 nitrogen and oxygen atoms in total. The molecule has 0 aliphatic rings. The summed E-state index contributed by atoms with van der Waals surface area (Å²) in [5.41, 5.74) is 1.55. The summed E-state index contributed by atoms with van der Waals surface area (Å²) in [6.45, 7) is 2.29. The number of amides is 2. The lowest BCUT2D eigenvalue weighted by Gasteiger charge is -2.12. The van der Waals surface area contributed by atoms with Crippen molar-refractivity contribution in [1.29, 1.82) is 0 Å². The minimum Gasteiger partial charge on any atom is -0.350 e. The summed E-state index contributed by atoms with van der Waals surface area (Å²) in [4.78, 5) is 28.1. The second-order valence-corrected chi connectivity index (χ2v) is 6.59. The van der Waals surface area contributed by atoms with Crippen LogP contribution in [-0.4, -0.2) is 16.8 Å². The highest BCUT2D eigenvalue weighted by Gasteiger charge is 2.13. The maximum atomic E-state index is 12.0. The molecule has 2 amide bonds. The number of nitrogens with zero attached hydrogens (tertiary/aromatic N) is 1. The molecule has 1 heterocycles. The van der Waals surface area contributed by atoms with Crippen molar-refractivity contribution in [1.82, 2.24) is 10.3 Å². The van der Waals surface area contributed by atoms with E-state index in [0.717, 1.165) is 15.9 Å². The molecule has 2 aromatic rings. The van der Waals surface area contributed by atoms with Gasteiger partial charge in [-0.2, -0.15) is 0 Å². The summed E-state index contributed by atoms with van der Waals surface area (Å²) >= 11 is 3.36. The van der Waals surface area contributed by atoms with Gasteiger partial charge in [0.1, 0.15) is 0 Å². The number of nitrogens with one attached hydrogen (secondary N) is 2. The predicted octanol–water partition coefficient (Wildman–Crippen LogP) is 3.52. The molecule has 0 aliphatic carbocycles. The Bertz CT molecular complexity index is 692. The van der Waals surface area contributed by atoms with Crippen LogP contribution in [0.3, 0.4) is 0 Å². The second kappa shape index (κ2) is 9.17. The van der Waals surface area contributed by atoms with Gasteiger partial charge in [0.2, 0.25) is 11.8 Å². The topological polar surface area (TPSA) is 71.1 Å². The Balaban J connectivity index is 1.72. The molecule has 2 N–H and O–H groups in total. The van der Waals surface area contributed by atoms with E-state index in [0.29, 0.717) is 19.4 Å². The number of anilines is 1. The molecular formula is C18H20BrN3O2. The second-order valence-electron chi connectivity index (χ2n) is 5.67. The Morgan fingerprint density at radius 1 is 1.12 bits per heavy atom. The first-order chi connectivity index (χ1) is 11.5. The van der Waals surface area contributed by atoms with Gasteiger partial charge in [0.25, 0.3) is 0 Å². The number of pyridine rings is 1. The summed E-state index contributed by atoms with van der Waals surface area (Å²) in [5, 5.41) is 5.66. The van der Waals surface area contributed by atoms with E-state index in [1.54, 1.807) is 6.20 Å². The van der Waals surface area contributed by atoms with E-state index >= 15 is 0 Å². The fraction of sp³-hybridized carbons (Fsp3) is 0.278. The third kappa shape index (κ3) is 6.50. The molecular weight excluding hydrogens is 370 g/mol. The monoisotopic (exact) mass is 389 g/mol. The average Bonchev–Trinajstić information content (AvgIpc) is 2.53. The minimum atomic E-state index is -0.0990. The van der Waals surface area contributed by atoms with E-state index in [9.17, 15) is 9.59 Å². The van der Waals surface area contributed by atoms with Crippen molar-refractivity contribution in [3.05, 3.63) is 58.8 Å². The molecule has 1 atom stereocenters. The highest BCUT2D eigenvalue weighted by atomic mass is 79.9. The van der Waals surface area contributed by atoms with Gasteiger partial charge in [0.15, 0.2) is 0 Å². The van der Waals surface area contributed by atoms with E-state index < -0.39 is 0 Å². The van der Waals surface area contributed by atoms with Gasteiger partial charge in [-0.15, -0.1) is 0 Å². The summed E-state index contributed by atoms with van der Waals surface area (Å²) < 4.78 is 0.905. The lowest BCUT2D eigenvalue weighted by molar-refractivity contribution is -0.122. The van der Waals surface area contributed by atoms with Crippen molar-refractivity contribution in [2.24, 2.45) is 5.92 Å². The van der Waals surface area contributed by atoms with Gasteiger partial charge in [-0.25, -0.2) is 0 Å². The maximum Gasteiger partial charge on any atom is 0.224 e. The van der Waals surface area contributed by atoms with E-state index in [4.69, 9.17) is 0 Å². The molecule has 1 aromatic carbocycles. The number of carbonyl (C=O) groups is 2. The Morgan fingerprint density at radius 3 is 2.62 bits per heavy atom. The summed E-state index contributed by atoms with van der Waals surface area (Å²) in [6.07, 6.45) is 2.29. The Hall–Kier alpha value is -2.21. The number of carbonyl (C=O) groups excluding carboxylic acids is 2. The molecule has 1 unspecified atom stereocenters. The highest BCUT2D eigenvalue weighted by molar-refractivity contribution is 9.10. The van der Waals surface area contributed by atoms with Crippen molar-refractivity contribution in [3.63, 3.8) is 0 Å². The first-order valence-electron chi connectivity index (χ1n) is 7.75. The van der Waals surface area contributed by atoms with Gasteiger partial charge in [-0.1, -0.05) is 35.0 Å².